The highest BCUT2D eigenvalue weighted by Gasteiger charge is 2.31. The van der Waals surface area contributed by atoms with Crippen molar-refractivity contribution >= 4 is 16.9 Å². The van der Waals surface area contributed by atoms with Crippen molar-refractivity contribution in [2.45, 2.75) is 6.18 Å². The molecular formula is C14H16F3N5O. The van der Waals surface area contributed by atoms with Gasteiger partial charge in [0, 0.05) is 33.2 Å². The molecule has 3 heterocycles. The zero-order valence-corrected chi connectivity index (χ0v) is 12.0. The fourth-order valence-electron chi connectivity index (χ4n) is 2.30. The van der Waals surface area contributed by atoms with Gasteiger partial charge in [0.25, 0.3) is 5.91 Å². The molecule has 0 aliphatic heterocycles. The Morgan fingerprint density at radius 3 is 2.87 bits per heavy atom. The second-order valence-corrected chi connectivity index (χ2v) is 5.04. The average molecular weight is 327 g/mol. The van der Waals surface area contributed by atoms with Gasteiger partial charge >= 0.3 is 6.18 Å². The van der Waals surface area contributed by atoms with Crippen LogP contribution in [-0.2, 0) is 0 Å². The Bertz CT molecular complexity index is 861. The van der Waals surface area contributed by atoms with Crippen molar-refractivity contribution in [3.8, 4) is 11.3 Å². The van der Waals surface area contributed by atoms with E-state index in [1.165, 1.54) is 18.6 Å². The Morgan fingerprint density at radius 2 is 2.13 bits per heavy atom. The van der Waals surface area contributed by atoms with Crippen LogP contribution in [0.1, 0.15) is 13.3 Å². The highest BCUT2D eigenvalue weighted by molar-refractivity contribution is 5.96. The van der Waals surface area contributed by atoms with Crippen LogP contribution >= 0.6 is 0 Å². The van der Waals surface area contributed by atoms with Gasteiger partial charge in [-0.15, -0.1) is 0 Å². The third-order valence-corrected chi connectivity index (χ3v) is 3.30. The van der Waals surface area contributed by atoms with Crippen molar-refractivity contribution in [2.24, 2.45) is 0 Å². The summed E-state index contributed by atoms with van der Waals surface area (Å²) in [6.45, 7) is -1.31. The van der Waals surface area contributed by atoms with E-state index in [1.54, 1.807) is 12.3 Å². The number of aromatic amines is 2. The minimum Gasteiger partial charge on any atom is -0.357 e. The molecular weight excluding hydrogens is 311 g/mol. The van der Waals surface area contributed by atoms with E-state index in [4.69, 9.17) is 0 Å². The lowest BCUT2D eigenvalue weighted by Crippen LogP contribution is -2.35. The molecule has 23 heavy (non-hydrogen) atoms. The van der Waals surface area contributed by atoms with Crippen LogP contribution in [-0.4, -0.2) is 50.5 Å². The lowest BCUT2D eigenvalue weighted by molar-refractivity contribution is -0.138. The van der Waals surface area contributed by atoms with Gasteiger partial charge in [-0.1, -0.05) is 0 Å². The predicted molar refractivity (Wildman–Crippen MR) is 80.9 cm³/mol. The topological polar surface area (TPSA) is 77.7 Å². The van der Waals surface area contributed by atoms with Gasteiger partial charge in [-0.25, -0.2) is 9.97 Å². The second kappa shape index (κ2) is 5.41. The van der Waals surface area contributed by atoms with E-state index in [1.807, 2.05) is 0 Å². The summed E-state index contributed by atoms with van der Waals surface area (Å²) in [5.41, 5.74) is 1.89. The molecule has 0 aromatic carbocycles. The standard InChI is InChI=1S/C14H12F3N5O.2H2/c1-22(6-14(15,16)17)13(23)10-4-8(5-19-10)11-9-2-3-18-12(9)21-7-20-11;;/h2-5,7,19H,6H2,1H3,(H,18,20,21);2*1H. The normalized spacial score (nSPS) is 11.8. The number of carbonyl (C=O) groups excluding carboxylic acids is 1. The molecule has 1 amide bonds. The van der Waals surface area contributed by atoms with Crippen molar-refractivity contribution in [3.63, 3.8) is 0 Å². The molecule has 0 aliphatic rings. The maximum atomic E-state index is 12.4. The fraction of sp³-hybridized carbons (Fsp3) is 0.214. The third kappa shape index (κ3) is 3.03. The Morgan fingerprint density at radius 1 is 1.35 bits per heavy atom. The third-order valence-electron chi connectivity index (χ3n) is 3.30. The number of rotatable bonds is 3. The first-order valence-electron chi connectivity index (χ1n) is 6.64. The number of fused-ring (bicyclic) bond motifs is 1. The summed E-state index contributed by atoms with van der Waals surface area (Å²) in [7, 11) is 1.10. The summed E-state index contributed by atoms with van der Waals surface area (Å²) in [5.74, 6) is -0.743. The summed E-state index contributed by atoms with van der Waals surface area (Å²) in [4.78, 5) is 26.5. The molecule has 9 heteroatoms. The molecule has 0 saturated heterocycles. The maximum absolute atomic E-state index is 12.4. The molecule has 0 saturated carbocycles. The molecule has 0 atom stereocenters. The average Bonchev–Trinajstić information content (AvgIpc) is 3.13. The molecule has 0 radical (unpaired) electrons. The van der Waals surface area contributed by atoms with E-state index in [0.29, 0.717) is 21.8 Å². The van der Waals surface area contributed by atoms with Crippen LogP contribution in [0.4, 0.5) is 13.2 Å². The number of amides is 1. The van der Waals surface area contributed by atoms with Gasteiger partial charge in [-0.2, -0.15) is 13.2 Å². The summed E-state index contributed by atoms with van der Waals surface area (Å²) < 4.78 is 37.1. The number of nitrogens with one attached hydrogen (secondary N) is 2. The molecule has 0 fully saturated rings. The molecule has 124 valence electrons. The minimum atomic E-state index is -4.44. The van der Waals surface area contributed by atoms with Crippen LogP contribution in [0.15, 0.2) is 30.9 Å². The highest BCUT2D eigenvalue weighted by Crippen LogP contribution is 2.26. The van der Waals surface area contributed by atoms with Gasteiger partial charge in [0.2, 0.25) is 0 Å². The molecule has 3 rings (SSSR count). The van der Waals surface area contributed by atoms with Gasteiger partial charge < -0.3 is 14.9 Å². The number of halogens is 3. The van der Waals surface area contributed by atoms with Crippen LogP contribution in [0.25, 0.3) is 22.3 Å². The molecule has 0 spiro atoms. The van der Waals surface area contributed by atoms with E-state index in [0.717, 1.165) is 12.4 Å². The molecule has 6 nitrogen and oxygen atoms in total. The van der Waals surface area contributed by atoms with Crippen LogP contribution < -0.4 is 0 Å². The van der Waals surface area contributed by atoms with Crippen molar-refractivity contribution in [3.05, 3.63) is 36.5 Å². The van der Waals surface area contributed by atoms with Gasteiger partial charge in [0.05, 0.1) is 5.69 Å². The quantitative estimate of drug-likeness (QED) is 0.776. The molecule has 0 unspecified atom stereocenters. The summed E-state index contributed by atoms with van der Waals surface area (Å²) in [6.07, 6.45) is 0.171. The zero-order chi connectivity index (χ0) is 16.6. The van der Waals surface area contributed by atoms with Crippen molar-refractivity contribution in [2.75, 3.05) is 13.6 Å². The number of hydrogen-bond acceptors (Lipinski definition) is 3. The van der Waals surface area contributed by atoms with Crippen LogP contribution in [0.5, 0.6) is 0 Å². The molecule has 3 aromatic rings. The van der Waals surface area contributed by atoms with Crippen LogP contribution in [0.2, 0.25) is 0 Å². The van der Waals surface area contributed by atoms with Gasteiger partial charge in [-0.05, 0) is 12.1 Å². The van der Waals surface area contributed by atoms with Crippen molar-refractivity contribution in [1.29, 1.82) is 0 Å². The first-order chi connectivity index (χ1) is 10.8. The predicted octanol–water partition coefficient (Wildman–Crippen LogP) is 3.08. The lowest BCUT2D eigenvalue weighted by atomic mass is 10.1. The minimum absolute atomic E-state index is 0. The van der Waals surface area contributed by atoms with Gasteiger partial charge in [0.15, 0.2) is 0 Å². The van der Waals surface area contributed by atoms with E-state index in [9.17, 15) is 18.0 Å². The molecule has 2 N–H and O–H groups in total. The Labute approximate surface area is 131 Å². The van der Waals surface area contributed by atoms with E-state index in [2.05, 4.69) is 19.9 Å². The summed E-state index contributed by atoms with van der Waals surface area (Å²) in [6, 6.07) is 3.26. The fourth-order valence-corrected chi connectivity index (χ4v) is 2.30. The smallest absolute Gasteiger partial charge is 0.357 e. The number of H-pyrrole nitrogens is 2. The largest absolute Gasteiger partial charge is 0.406 e. The van der Waals surface area contributed by atoms with Crippen LogP contribution in [0.3, 0.4) is 0 Å². The van der Waals surface area contributed by atoms with Crippen molar-refractivity contribution < 1.29 is 20.8 Å². The number of alkyl halides is 3. The summed E-state index contributed by atoms with van der Waals surface area (Å²) >= 11 is 0. The number of nitrogens with zero attached hydrogens (tertiary/aromatic N) is 3. The maximum Gasteiger partial charge on any atom is 0.406 e. The number of aromatic nitrogens is 4. The Balaban J connectivity index is 0.00000156. The molecule has 0 aliphatic carbocycles. The van der Waals surface area contributed by atoms with E-state index < -0.39 is 18.6 Å². The van der Waals surface area contributed by atoms with E-state index in [-0.39, 0.29) is 8.55 Å². The Kier molecular flexibility index (Phi) is 3.55. The van der Waals surface area contributed by atoms with E-state index >= 15 is 0 Å². The first-order valence-corrected chi connectivity index (χ1v) is 6.64. The second-order valence-electron chi connectivity index (χ2n) is 5.04. The molecule has 0 bridgehead atoms. The SMILES string of the molecule is CN(CC(F)(F)F)C(=O)c1cc(-c2ncnc3[nH]ccc23)c[nH]1.[HH].[HH]. The lowest BCUT2D eigenvalue weighted by Gasteiger charge is -2.17. The van der Waals surface area contributed by atoms with Gasteiger partial charge in [-0.3, -0.25) is 4.79 Å². The van der Waals surface area contributed by atoms with Gasteiger partial charge in [0.1, 0.15) is 24.2 Å². The Hall–Kier alpha value is -2.84. The monoisotopic (exact) mass is 327 g/mol. The first kappa shape index (κ1) is 15.1. The number of hydrogen-bond donors (Lipinski definition) is 2. The van der Waals surface area contributed by atoms with Crippen molar-refractivity contribution in [1.82, 2.24) is 24.8 Å². The highest BCUT2D eigenvalue weighted by atomic mass is 19.4. The zero-order valence-electron chi connectivity index (χ0n) is 12.0. The van der Waals surface area contributed by atoms with Crippen LogP contribution in [0, 0.1) is 0 Å². The molecule has 3 aromatic heterocycles. The number of carbonyl (C=O) groups is 1. The summed E-state index contributed by atoms with van der Waals surface area (Å²) in [5, 5.41) is 0.758.